The highest BCUT2D eigenvalue weighted by molar-refractivity contribution is 7.92. The van der Waals surface area contributed by atoms with E-state index in [0.717, 1.165) is 6.20 Å². The Morgan fingerprint density at radius 3 is 2.40 bits per heavy atom. The van der Waals surface area contributed by atoms with Gasteiger partial charge in [0.2, 0.25) is 11.9 Å². The predicted molar refractivity (Wildman–Crippen MR) is 106 cm³/mol. The minimum absolute atomic E-state index is 0.0421. The van der Waals surface area contributed by atoms with E-state index in [1.54, 1.807) is 13.0 Å². The molecule has 0 saturated heterocycles. The van der Waals surface area contributed by atoms with E-state index >= 15 is 0 Å². The average molecular weight is 431 g/mol. The monoisotopic (exact) mass is 431 g/mol. The summed E-state index contributed by atoms with van der Waals surface area (Å²) in [5.41, 5.74) is 0.415. The molecule has 0 aliphatic carbocycles. The number of hydrogen-bond donors (Lipinski definition) is 2. The van der Waals surface area contributed by atoms with Gasteiger partial charge in [-0.25, -0.2) is 23.1 Å². The van der Waals surface area contributed by atoms with Gasteiger partial charge < -0.3 is 5.32 Å². The van der Waals surface area contributed by atoms with Crippen molar-refractivity contribution in [2.24, 2.45) is 0 Å². The van der Waals surface area contributed by atoms with Gasteiger partial charge in [-0.1, -0.05) is 0 Å². The Labute approximate surface area is 171 Å². The average Bonchev–Trinajstić information content (AvgIpc) is 3.10. The SMILES string of the molecule is Cc1c([N+](=O)[O-])cnn1C(C)C(=O)Nc1ccc(S(=O)(=O)Nc2ncccn2)cc1. The fourth-order valence-electron chi connectivity index (χ4n) is 2.59. The van der Waals surface area contributed by atoms with E-state index in [4.69, 9.17) is 0 Å². The first-order valence-corrected chi connectivity index (χ1v) is 10.1. The molecule has 3 rings (SSSR count). The van der Waals surface area contributed by atoms with Crippen LogP contribution in [0.25, 0.3) is 0 Å². The molecular formula is C17H17N7O5S. The molecule has 0 aliphatic rings. The minimum atomic E-state index is -3.89. The first-order chi connectivity index (χ1) is 14.2. The van der Waals surface area contributed by atoms with Crippen molar-refractivity contribution in [2.75, 3.05) is 10.0 Å². The molecule has 0 spiro atoms. The molecule has 13 heteroatoms. The summed E-state index contributed by atoms with van der Waals surface area (Å²) in [7, 11) is -3.89. The molecule has 3 aromatic rings. The fourth-order valence-corrected chi connectivity index (χ4v) is 3.55. The number of nitrogens with zero attached hydrogens (tertiary/aromatic N) is 5. The van der Waals surface area contributed by atoms with E-state index < -0.39 is 26.9 Å². The lowest BCUT2D eigenvalue weighted by Gasteiger charge is -2.14. The molecule has 1 atom stereocenters. The van der Waals surface area contributed by atoms with Crippen molar-refractivity contribution < 1.29 is 18.1 Å². The number of carbonyl (C=O) groups is 1. The van der Waals surface area contributed by atoms with Crippen LogP contribution in [-0.2, 0) is 14.8 Å². The van der Waals surface area contributed by atoms with Crippen molar-refractivity contribution in [2.45, 2.75) is 24.8 Å². The molecule has 1 aromatic carbocycles. The van der Waals surface area contributed by atoms with E-state index in [2.05, 4.69) is 25.1 Å². The summed E-state index contributed by atoms with van der Waals surface area (Å²) >= 11 is 0. The van der Waals surface area contributed by atoms with Crippen molar-refractivity contribution in [3.63, 3.8) is 0 Å². The van der Waals surface area contributed by atoms with E-state index in [9.17, 15) is 23.3 Å². The molecule has 0 bridgehead atoms. The summed E-state index contributed by atoms with van der Waals surface area (Å²) < 4.78 is 28.3. The van der Waals surface area contributed by atoms with Crippen LogP contribution in [0.2, 0.25) is 0 Å². The van der Waals surface area contributed by atoms with Crippen molar-refractivity contribution >= 4 is 33.3 Å². The van der Waals surface area contributed by atoms with E-state index in [1.807, 2.05) is 0 Å². The molecule has 1 unspecified atom stereocenters. The third kappa shape index (κ3) is 4.41. The Morgan fingerprint density at radius 2 is 1.83 bits per heavy atom. The third-order valence-electron chi connectivity index (χ3n) is 4.19. The number of nitrogens with one attached hydrogen (secondary N) is 2. The summed E-state index contributed by atoms with van der Waals surface area (Å²) in [6.45, 7) is 3.04. The molecule has 0 radical (unpaired) electrons. The molecule has 2 aromatic heterocycles. The number of carbonyl (C=O) groups excluding carboxylic acids is 1. The standard InChI is InChI=1S/C17H17N7O5S/c1-11-15(24(26)27)10-20-23(11)12(2)16(25)21-13-4-6-14(7-5-13)30(28,29)22-17-18-8-3-9-19-17/h3-10,12H,1-2H3,(H,21,25)(H,18,19,22). The highest BCUT2D eigenvalue weighted by atomic mass is 32.2. The van der Waals surface area contributed by atoms with Crippen molar-refractivity contribution in [3.8, 4) is 0 Å². The van der Waals surface area contributed by atoms with Gasteiger partial charge in [0.05, 0.1) is 9.82 Å². The number of amides is 1. The zero-order valence-electron chi connectivity index (χ0n) is 15.9. The maximum atomic E-state index is 12.5. The van der Waals surface area contributed by atoms with Crippen LogP contribution < -0.4 is 10.0 Å². The van der Waals surface area contributed by atoms with Crippen LogP contribution in [0, 0.1) is 17.0 Å². The number of benzene rings is 1. The number of anilines is 2. The highest BCUT2D eigenvalue weighted by Gasteiger charge is 2.24. The molecule has 0 fully saturated rings. The van der Waals surface area contributed by atoms with Gasteiger partial charge in [0, 0.05) is 18.1 Å². The third-order valence-corrected chi connectivity index (χ3v) is 5.53. The van der Waals surface area contributed by atoms with Crippen LogP contribution in [-0.4, -0.2) is 39.0 Å². The van der Waals surface area contributed by atoms with Crippen molar-refractivity contribution in [1.82, 2.24) is 19.7 Å². The van der Waals surface area contributed by atoms with Crippen LogP contribution in [0.3, 0.4) is 0 Å². The lowest BCUT2D eigenvalue weighted by Crippen LogP contribution is -2.25. The first kappa shape index (κ1) is 20.9. The maximum absolute atomic E-state index is 12.5. The lowest BCUT2D eigenvalue weighted by atomic mass is 10.2. The van der Waals surface area contributed by atoms with Gasteiger partial charge in [-0.3, -0.25) is 19.6 Å². The van der Waals surface area contributed by atoms with Gasteiger partial charge in [-0.2, -0.15) is 5.10 Å². The minimum Gasteiger partial charge on any atom is -0.324 e. The Kier molecular flexibility index (Phi) is 5.73. The van der Waals surface area contributed by atoms with Crippen LogP contribution in [0.1, 0.15) is 18.7 Å². The molecule has 30 heavy (non-hydrogen) atoms. The zero-order valence-corrected chi connectivity index (χ0v) is 16.7. The van der Waals surface area contributed by atoms with Crippen molar-refractivity contribution in [3.05, 3.63) is 64.7 Å². The number of nitro groups is 1. The summed E-state index contributed by atoms with van der Waals surface area (Å²) in [4.78, 5) is 30.4. The first-order valence-electron chi connectivity index (χ1n) is 8.58. The van der Waals surface area contributed by atoms with Gasteiger partial charge >= 0.3 is 5.69 Å². The topological polar surface area (TPSA) is 162 Å². The second-order valence-corrected chi connectivity index (χ2v) is 7.87. The predicted octanol–water partition coefficient (Wildman–Crippen LogP) is 1.89. The molecule has 1 amide bonds. The Balaban J connectivity index is 1.71. The van der Waals surface area contributed by atoms with Gasteiger partial charge in [0.15, 0.2) is 0 Å². The summed E-state index contributed by atoms with van der Waals surface area (Å²) in [6, 6.07) is 6.20. The number of aromatic nitrogens is 4. The summed E-state index contributed by atoms with van der Waals surface area (Å²) in [5, 5.41) is 17.5. The molecule has 2 heterocycles. The quantitative estimate of drug-likeness (QED) is 0.423. The van der Waals surface area contributed by atoms with E-state index in [1.165, 1.54) is 48.3 Å². The van der Waals surface area contributed by atoms with Gasteiger partial charge in [-0.15, -0.1) is 0 Å². The number of sulfonamides is 1. The van der Waals surface area contributed by atoms with Gasteiger partial charge in [-0.05, 0) is 44.2 Å². The van der Waals surface area contributed by atoms with E-state index in [-0.39, 0.29) is 22.2 Å². The summed E-state index contributed by atoms with van der Waals surface area (Å²) in [5.74, 6) is -0.532. The normalized spacial score (nSPS) is 12.2. The molecule has 2 N–H and O–H groups in total. The number of hydrogen-bond acceptors (Lipinski definition) is 8. The molecule has 156 valence electrons. The number of rotatable bonds is 7. The van der Waals surface area contributed by atoms with Crippen LogP contribution in [0.4, 0.5) is 17.3 Å². The summed E-state index contributed by atoms with van der Waals surface area (Å²) in [6.07, 6.45) is 3.89. The van der Waals surface area contributed by atoms with Gasteiger partial charge in [0.1, 0.15) is 17.9 Å². The Bertz CT molecular complexity index is 1180. The second-order valence-electron chi connectivity index (χ2n) is 6.18. The Hall–Kier alpha value is -3.87. The van der Waals surface area contributed by atoms with Gasteiger partial charge in [0.25, 0.3) is 10.0 Å². The molecule has 12 nitrogen and oxygen atoms in total. The largest absolute Gasteiger partial charge is 0.324 e. The highest BCUT2D eigenvalue weighted by Crippen LogP contribution is 2.22. The molecule has 0 aliphatic heterocycles. The lowest BCUT2D eigenvalue weighted by molar-refractivity contribution is -0.385. The maximum Gasteiger partial charge on any atom is 0.309 e. The Morgan fingerprint density at radius 1 is 1.20 bits per heavy atom. The second kappa shape index (κ2) is 8.24. The van der Waals surface area contributed by atoms with Crippen LogP contribution >= 0.6 is 0 Å². The smallest absolute Gasteiger partial charge is 0.309 e. The fraction of sp³-hybridized carbons (Fsp3) is 0.176. The molecule has 0 saturated carbocycles. The van der Waals surface area contributed by atoms with Crippen LogP contribution in [0.15, 0.2) is 53.8 Å². The zero-order chi connectivity index (χ0) is 21.9. The van der Waals surface area contributed by atoms with Crippen LogP contribution in [0.5, 0.6) is 0 Å². The van der Waals surface area contributed by atoms with E-state index in [0.29, 0.717) is 5.69 Å². The molecular weight excluding hydrogens is 414 g/mol. The van der Waals surface area contributed by atoms with Crippen molar-refractivity contribution in [1.29, 1.82) is 0 Å².